The average Bonchev–Trinajstić information content (AvgIpc) is 2.46. The first-order valence-corrected chi connectivity index (χ1v) is 8.35. The van der Waals surface area contributed by atoms with Gasteiger partial charge in [0.25, 0.3) is 0 Å². The second-order valence-corrected chi connectivity index (χ2v) is 6.57. The minimum absolute atomic E-state index is 0.340. The van der Waals surface area contributed by atoms with Gasteiger partial charge in [0, 0.05) is 25.7 Å². The predicted octanol–water partition coefficient (Wildman–Crippen LogP) is 3.54. The minimum Gasteiger partial charge on any atom is -0.369 e. The number of piperidine rings is 1. The van der Waals surface area contributed by atoms with Crippen LogP contribution in [0.15, 0.2) is 18.2 Å². The highest BCUT2D eigenvalue weighted by Gasteiger charge is 2.22. The molecule has 0 radical (unpaired) electrons. The number of nitrogens with one attached hydrogen (secondary N) is 1. The first kappa shape index (κ1) is 16.6. The van der Waals surface area contributed by atoms with Crippen molar-refractivity contribution in [2.75, 3.05) is 38.6 Å². The average molecular weight is 310 g/mol. The summed E-state index contributed by atoms with van der Waals surface area (Å²) in [7, 11) is 4.36. The van der Waals surface area contributed by atoms with Crippen LogP contribution in [0.4, 0.5) is 5.69 Å². The molecule has 1 N–H and O–H groups in total. The number of rotatable bonds is 5. The lowest BCUT2D eigenvalue weighted by molar-refractivity contribution is 0.248. The Bertz CT molecular complexity index is 463. The van der Waals surface area contributed by atoms with Crippen molar-refractivity contribution >= 4 is 17.3 Å². The molecule has 1 fully saturated rings. The van der Waals surface area contributed by atoms with E-state index in [2.05, 4.69) is 61.3 Å². The van der Waals surface area contributed by atoms with E-state index in [0.717, 1.165) is 23.8 Å². The molecule has 1 heterocycles. The van der Waals surface area contributed by atoms with E-state index in [1.165, 1.54) is 24.9 Å². The molecule has 0 amide bonds. The maximum Gasteiger partial charge on any atom is 0.0642 e. The Kier molecular flexibility index (Phi) is 5.91. The molecule has 1 aromatic rings. The smallest absolute Gasteiger partial charge is 0.0642 e. The van der Waals surface area contributed by atoms with Gasteiger partial charge in [0.2, 0.25) is 0 Å². The van der Waals surface area contributed by atoms with Crippen LogP contribution >= 0.6 is 11.6 Å². The van der Waals surface area contributed by atoms with Crippen molar-refractivity contribution in [1.29, 1.82) is 0 Å². The fourth-order valence-corrected chi connectivity index (χ4v) is 3.48. The number of likely N-dealkylation sites (tertiary alicyclic amines) is 1. The van der Waals surface area contributed by atoms with Gasteiger partial charge in [-0.1, -0.05) is 24.6 Å². The zero-order valence-electron chi connectivity index (χ0n) is 13.7. The molecule has 1 aromatic carbocycles. The first-order valence-electron chi connectivity index (χ1n) is 7.97. The Balaban J connectivity index is 2.12. The van der Waals surface area contributed by atoms with E-state index in [1.807, 2.05) is 0 Å². The number of hydrogen-bond donors (Lipinski definition) is 1. The summed E-state index contributed by atoms with van der Waals surface area (Å²) < 4.78 is 0. The number of nitrogens with zero attached hydrogens (tertiary/aromatic N) is 2. The van der Waals surface area contributed by atoms with Gasteiger partial charge in [0.05, 0.1) is 10.7 Å². The van der Waals surface area contributed by atoms with Gasteiger partial charge in [0.1, 0.15) is 0 Å². The van der Waals surface area contributed by atoms with Crippen LogP contribution in [-0.2, 0) is 0 Å². The van der Waals surface area contributed by atoms with Crippen molar-refractivity contribution in [3.8, 4) is 0 Å². The molecule has 0 aromatic heterocycles. The van der Waals surface area contributed by atoms with E-state index in [4.69, 9.17) is 11.6 Å². The van der Waals surface area contributed by atoms with E-state index in [0.29, 0.717) is 12.1 Å². The summed E-state index contributed by atoms with van der Waals surface area (Å²) in [5.41, 5.74) is 2.39. The molecule has 2 unspecified atom stereocenters. The lowest BCUT2D eigenvalue weighted by Gasteiger charge is -2.37. The molecule has 0 saturated carbocycles. The molecule has 1 aliphatic rings. The Labute approximate surface area is 134 Å². The van der Waals surface area contributed by atoms with Gasteiger partial charge >= 0.3 is 0 Å². The van der Waals surface area contributed by atoms with Crippen LogP contribution in [0, 0.1) is 0 Å². The summed E-state index contributed by atoms with van der Waals surface area (Å²) >= 11 is 6.54. The fraction of sp³-hybridized carbons (Fsp3) is 0.647. The number of benzene rings is 1. The van der Waals surface area contributed by atoms with Gasteiger partial charge in [-0.3, -0.25) is 0 Å². The van der Waals surface area contributed by atoms with Crippen LogP contribution in [0.2, 0.25) is 5.02 Å². The van der Waals surface area contributed by atoms with Crippen LogP contribution in [-0.4, -0.2) is 44.7 Å². The summed E-state index contributed by atoms with van der Waals surface area (Å²) in [6.07, 6.45) is 2.51. The largest absolute Gasteiger partial charge is 0.369 e. The standard InChI is InChI=1S/C17H28ClN3/c1-5-19-13(2)14-8-9-17(16(18)11-14)21(4)15-7-6-10-20(3)12-15/h8-9,11,13,15,19H,5-7,10,12H2,1-4H3. The summed E-state index contributed by atoms with van der Waals surface area (Å²) in [5, 5.41) is 4.28. The number of likely N-dealkylation sites (N-methyl/N-ethyl adjacent to an activating group) is 2. The van der Waals surface area contributed by atoms with Crippen molar-refractivity contribution in [2.24, 2.45) is 0 Å². The second-order valence-electron chi connectivity index (χ2n) is 6.16. The van der Waals surface area contributed by atoms with E-state index in [1.54, 1.807) is 0 Å². The molecule has 3 nitrogen and oxygen atoms in total. The molecule has 4 heteroatoms. The van der Waals surface area contributed by atoms with Crippen molar-refractivity contribution in [1.82, 2.24) is 10.2 Å². The van der Waals surface area contributed by atoms with Crippen molar-refractivity contribution in [3.05, 3.63) is 28.8 Å². The Hall–Kier alpha value is -0.770. The van der Waals surface area contributed by atoms with E-state index >= 15 is 0 Å². The number of halogens is 1. The van der Waals surface area contributed by atoms with Crippen LogP contribution in [0.25, 0.3) is 0 Å². The molecule has 0 bridgehead atoms. The van der Waals surface area contributed by atoms with E-state index in [9.17, 15) is 0 Å². The van der Waals surface area contributed by atoms with Crippen molar-refractivity contribution < 1.29 is 0 Å². The highest BCUT2D eigenvalue weighted by molar-refractivity contribution is 6.33. The monoisotopic (exact) mass is 309 g/mol. The maximum atomic E-state index is 6.54. The molecule has 2 rings (SSSR count). The topological polar surface area (TPSA) is 18.5 Å². The van der Waals surface area contributed by atoms with Crippen LogP contribution in [0.5, 0.6) is 0 Å². The second kappa shape index (κ2) is 7.48. The predicted molar refractivity (Wildman–Crippen MR) is 92.5 cm³/mol. The molecular formula is C17H28ClN3. The van der Waals surface area contributed by atoms with Gasteiger partial charge < -0.3 is 15.1 Å². The van der Waals surface area contributed by atoms with Crippen LogP contribution < -0.4 is 10.2 Å². The van der Waals surface area contributed by atoms with E-state index < -0.39 is 0 Å². The Morgan fingerprint density at radius 2 is 2.24 bits per heavy atom. The zero-order valence-corrected chi connectivity index (χ0v) is 14.5. The third-order valence-electron chi connectivity index (χ3n) is 4.51. The molecule has 0 aliphatic carbocycles. The lowest BCUT2D eigenvalue weighted by Crippen LogP contribution is -2.45. The molecule has 118 valence electrons. The Morgan fingerprint density at radius 1 is 1.48 bits per heavy atom. The fourth-order valence-electron chi connectivity index (χ4n) is 3.15. The van der Waals surface area contributed by atoms with Crippen molar-refractivity contribution in [2.45, 2.75) is 38.8 Å². The normalized spacial score (nSPS) is 21.3. The number of anilines is 1. The zero-order chi connectivity index (χ0) is 15.4. The minimum atomic E-state index is 0.340. The third-order valence-corrected chi connectivity index (χ3v) is 4.81. The Morgan fingerprint density at radius 3 is 2.86 bits per heavy atom. The van der Waals surface area contributed by atoms with Gasteiger partial charge in [0.15, 0.2) is 0 Å². The quantitative estimate of drug-likeness (QED) is 0.897. The summed E-state index contributed by atoms with van der Waals surface area (Å²) in [4.78, 5) is 4.75. The molecule has 1 aliphatic heterocycles. The molecule has 21 heavy (non-hydrogen) atoms. The molecule has 0 spiro atoms. The summed E-state index contributed by atoms with van der Waals surface area (Å²) in [6.45, 7) is 7.59. The van der Waals surface area contributed by atoms with Gasteiger partial charge in [-0.2, -0.15) is 0 Å². The first-order chi connectivity index (χ1) is 10.0. The third kappa shape index (κ3) is 4.12. The van der Waals surface area contributed by atoms with Gasteiger partial charge in [-0.25, -0.2) is 0 Å². The molecule has 2 atom stereocenters. The number of hydrogen-bond acceptors (Lipinski definition) is 3. The lowest BCUT2D eigenvalue weighted by atomic mass is 10.0. The van der Waals surface area contributed by atoms with Gasteiger partial charge in [-0.05, 0) is 57.6 Å². The van der Waals surface area contributed by atoms with E-state index in [-0.39, 0.29) is 0 Å². The summed E-state index contributed by atoms with van der Waals surface area (Å²) in [5.74, 6) is 0. The van der Waals surface area contributed by atoms with Gasteiger partial charge in [-0.15, -0.1) is 0 Å². The van der Waals surface area contributed by atoms with Crippen molar-refractivity contribution in [3.63, 3.8) is 0 Å². The molecule has 1 saturated heterocycles. The highest BCUT2D eigenvalue weighted by Crippen LogP contribution is 2.31. The maximum absolute atomic E-state index is 6.54. The molecular weight excluding hydrogens is 282 g/mol. The summed E-state index contributed by atoms with van der Waals surface area (Å²) in [6, 6.07) is 7.36. The SMILES string of the molecule is CCNC(C)c1ccc(N(C)C2CCCN(C)C2)c(Cl)c1. The van der Waals surface area contributed by atoms with Crippen LogP contribution in [0.3, 0.4) is 0 Å². The van der Waals surface area contributed by atoms with Crippen LogP contribution in [0.1, 0.15) is 38.3 Å². The highest BCUT2D eigenvalue weighted by atomic mass is 35.5.